The van der Waals surface area contributed by atoms with E-state index in [1.165, 1.54) is 0 Å². The Morgan fingerprint density at radius 3 is 2.63 bits per heavy atom. The predicted molar refractivity (Wildman–Crippen MR) is 64.5 cm³/mol. The fraction of sp³-hybridized carbons (Fsp3) is 0.333. The number of primary amides is 1. The van der Waals surface area contributed by atoms with E-state index in [2.05, 4.69) is 10.6 Å². The van der Waals surface area contributed by atoms with Gasteiger partial charge in [-0.15, -0.1) is 0 Å². The Morgan fingerprint density at radius 2 is 2.05 bits per heavy atom. The number of amides is 2. The van der Waals surface area contributed by atoms with Crippen molar-refractivity contribution in [1.29, 1.82) is 0 Å². The molecule has 2 rings (SSSR count). The van der Waals surface area contributed by atoms with Crippen LogP contribution in [-0.4, -0.2) is 24.4 Å². The van der Waals surface area contributed by atoms with Crippen LogP contribution in [0.3, 0.4) is 0 Å². The van der Waals surface area contributed by atoms with Crippen LogP contribution in [0.15, 0.2) is 12.1 Å². The van der Waals surface area contributed by atoms with Gasteiger partial charge in [0.1, 0.15) is 11.6 Å². The molecule has 1 atom stereocenters. The summed E-state index contributed by atoms with van der Waals surface area (Å²) in [6, 6.07) is 1.03. The number of carbonyl (C=O) groups excluding carboxylic acids is 2. The molecule has 0 aromatic heterocycles. The molecular formula is C12H13F2N3O2. The summed E-state index contributed by atoms with van der Waals surface area (Å²) in [6.07, 6.45) is 1.51. The Kier molecular flexibility index (Phi) is 3.75. The highest BCUT2D eigenvalue weighted by Crippen LogP contribution is 2.20. The minimum absolute atomic E-state index is 0.256. The molecule has 1 heterocycles. The first kappa shape index (κ1) is 13.4. The van der Waals surface area contributed by atoms with Gasteiger partial charge in [0.2, 0.25) is 5.91 Å². The summed E-state index contributed by atoms with van der Waals surface area (Å²) in [4.78, 5) is 22.7. The average molecular weight is 269 g/mol. The van der Waals surface area contributed by atoms with Crippen molar-refractivity contribution in [3.05, 3.63) is 29.3 Å². The molecule has 7 heteroatoms. The van der Waals surface area contributed by atoms with E-state index in [1.54, 1.807) is 0 Å². The van der Waals surface area contributed by atoms with Crippen LogP contribution in [0.4, 0.5) is 14.5 Å². The van der Waals surface area contributed by atoms with Gasteiger partial charge >= 0.3 is 0 Å². The van der Waals surface area contributed by atoms with E-state index in [0.29, 0.717) is 12.5 Å². The summed E-state index contributed by atoms with van der Waals surface area (Å²) in [5, 5.41) is 5.27. The van der Waals surface area contributed by atoms with Crippen LogP contribution < -0.4 is 16.4 Å². The molecule has 0 bridgehead atoms. The lowest BCUT2D eigenvalue weighted by Crippen LogP contribution is -2.35. The van der Waals surface area contributed by atoms with Crippen molar-refractivity contribution in [1.82, 2.24) is 5.32 Å². The van der Waals surface area contributed by atoms with Gasteiger partial charge in [-0.1, -0.05) is 0 Å². The summed E-state index contributed by atoms with van der Waals surface area (Å²) in [7, 11) is 0. The van der Waals surface area contributed by atoms with E-state index in [1.807, 2.05) is 0 Å². The second kappa shape index (κ2) is 5.31. The van der Waals surface area contributed by atoms with Gasteiger partial charge in [-0.05, 0) is 25.5 Å². The SMILES string of the molecule is NC(=O)c1cc(NC(=O)[C@H]2CCCN2)c(F)cc1F. The van der Waals surface area contributed by atoms with Gasteiger partial charge in [-0.25, -0.2) is 8.78 Å². The standard InChI is InChI=1S/C12H13F2N3O2/c13-7-5-8(14)10(4-6(7)11(15)18)17-12(19)9-2-1-3-16-9/h4-5,9,16H,1-3H2,(H2,15,18)(H,17,19)/t9-/m1/s1. The van der Waals surface area contributed by atoms with Crippen molar-refractivity contribution in [2.45, 2.75) is 18.9 Å². The third kappa shape index (κ3) is 2.87. The maximum atomic E-state index is 13.5. The van der Waals surface area contributed by atoms with Gasteiger partial charge in [-0.2, -0.15) is 0 Å². The molecule has 5 nitrogen and oxygen atoms in total. The molecule has 2 amide bonds. The normalized spacial score (nSPS) is 18.3. The van der Waals surface area contributed by atoms with Gasteiger partial charge in [0.15, 0.2) is 0 Å². The van der Waals surface area contributed by atoms with E-state index < -0.39 is 35.1 Å². The van der Waals surface area contributed by atoms with Crippen molar-refractivity contribution in [2.24, 2.45) is 5.73 Å². The first-order valence-electron chi connectivity index (χ1n) is 5.82. The summed E-state index contributed by atoms with van der Waals surface area (Å²) < 4.78 is 26.8. The van der Waals surface area contributed by atoms with E-state index >= 15 is 0 Å². The van der Waals surface area contributed by atoms with Gasteiger partial charge in [0.25, 0.3) is 5.91 Å². The summed E-state index contributed by atoms with van der Waals surface area (Å²) in [6.45, 7) is 0.719. The number of nitrogens with two attached hydrogens (primary N) is 1. The van der Waals surface area contributed by atoms with Crippen LogP contribution in [0.2, 0.25) is 0 Å². The Balaban J connectivity index is 2.21. The number of rotatable bonds is 3. The van der Waals surface area contributed by atoms with Crippen LogP contribution in [0.25, 0.3) is 0 Å². The highest BCUT2D eigenvalue weighted by atomic mass is 19.1. The molecule has 0 unspecified atom stereocenters. The number of nitrogens with one attached hydrogen (secondary N) is 2. The maximum absolute atomic E-state index is 13.5. The molecule has 0 radical (unpaired) electrons. The second-order valence-electron chi connectivity index (χ2n) is 4.31. The highest BCUT2D eigenvalue weighted by molar-refractivity contribution is 5.98. The molecule has 1 aliphatic heterocycles. The molecule has 0 aliphatic carbocycles. The van der Waals surface area contributed by atoms with E-state index in [4.69, 9.17) is 5.73 Å². The Hall–Kier alpha value is -2.02. The number of hydrogen-bond acceptors (Lipinski definition) is 3. The molecular weight excluding hydrogens is 256 g/mol. The fourth-order valence-electron chi connectivity index (χ4n) is 1.96. The van der Waals surface area contributed by atoms with Crippen LogP contribution in [-0.2, 0) is 4.79 Å². The minimum atomic E-state index is -1.05. The molecule has 4 N–H and O–H groups in total. The van der Waals surface area contributed by atoms with Gasteiger partial charge < -0.3 is 16.4 Å². The van der Waals surface area contributed by atoms with Gasteiger partial charge in [0.05, 0.1) is 17.3 Å². The molecule has 1 aromatic rings. The van der Waals surface area contributed by atoms with Crippen molar-refractivity contribution in [2.75, 3.05) is 11.9 Å². The predicted octanol–water partition coefficient (Wildman–Crippen LogP) is 0.754. The largest absolute Gasteiger partial charge is 0.366 e. The highest BCUT2D eigenvalue weighted by Gasteiger charge is 2.23. The average Bonchev–Trinajstić information content (AvgIpc) is 2.85. The molecule has 1 saturated heterocycles. The van der Waals surface area contributed by atoms with E-state index in [-0.39, 0.29) is 5.69 Å². The van der Waals surface area contributed by atoms with Crippen molar-refractivity contribution >= 4 is 17.5 Å². The summed E-state index contributed by atoms with van der Waals surface area (Å²) >= 11 is 0. The Labute approximate surface area is 108 Å². The lowest BCUT2D eigenvalue weighted by molar-refractivity contribution is -0.117. The molecule has 1 aliphatic rings. The van der Waals surface area contributed by atoms with Gasteiger partial charge in [0, 0.05) is 6.07 Å². The Morgan fingerprint density at radius 1 is 1.32 bits per heavy atom. The summed E-state index contributed by atoms with van der Waals surface area (Å²) in [5.74, 6) is -3.44. The van der Waals surface area contributed by atoms with Crippen LogP contribution in [0.1, 0.15) is 23.2 Å². The van der Waals surface area contributed by atoms with E-state index in [9.17, 15) is 18.4 Å². The number of carbonyl (C=O) groups is 2. The van der Waals surface area contributed by atoms with Crippen molar-refractivity contribution in [3.63, 3.8) is 0 Å². The third-order valence-electron chi connectivity index (χ3n) is 2.96. The van der Waals surface area contributed by atoms with Crippen LogP contribution >= 0.6 is 0 Å². The molecule has 1 aromatic carbocycles. The monoisotopic (exact) mass is 269 g/mol. The lowest BCUT2D eigenvalue weighted by atomic mass is 10.1. The molecule has 1 fully saturated rings. The topological polar surface area (TPSA) is 84.2 Å². The molecule has 19 heavy (non-hydrogen) atoms. The van der Waals surface area contributed by atoms with Crippen molar-refractivity contribution in [3.8, 4) is 0 Å². The molecule has 0 saturated carbocycles. The fourth-order valence-corrected chi connectivity index (χ4v) is 1.96. The quantitative estimate of drug-likeness (QED) is 0.757. The zero-order valence-electron chi connectivity index (χ0n) is 10.0. The van der Waals surface area contributed by atoms with Crippen LogP contribution in [0.5, 0.6) is 0 Å². The summed E-state index contributed by atoms with van der Waals surface area (Å²) in [5.41, 5.74) is 4.24. The Bertz CT molecular complexity index is 528. The molecule has 102 valence electrons. The minimum Gasteiger partial charge on any atom is -0.366 e. The van der Waals surface area contributed by atoms with Crippen molar-refractivity contribution < 1.29 is 18.4 Å². The number of halogens is 2. The number of hydrogen-bond donors (Lipinski definition) is 3. The van der Waals surface area contributed by atoms with Crippen LogP contribution in [0, 0.1) is 11.6 Å². The number of anilines is 1. The lowest BCUT2D eigenvalue weighted by Gasteiger charge is -2.12. The third-order valence-corrected chi connectivity index (χ3v) is 2.96. The number of benzene rings is 1. The van der Waals surface area contributed by atoms with E-state index in [0.717, 1.165) is 19.0 Å². The zero-order valence-corrected chi connectivity index (χ0v) is 10.0. The van der Waals surface area contributed by atoms with Gasteiger partial charge in [-0.3, -0.25) is 9.59 Å². The first-order valence-corrected chi connectivity index (χ1v) is 5.82. The second-order valence-corrected chi connectivity index (χ2v) is 4.31. The molecule has 0 spiro atoms. The first-order chi connectivity index (χ1) is 8.99. The smallest absolute Gasteiger partial charge is 0.251 e. The zero-order chi connectivity index (χ0) is 14.0. The maximum Gasteiger partial charge on any atom is 0.251 e.